The zero-order chi connectivity index (χ0) is 13.4. The van der Waals surface area contributed by atoms with Crippen LogP contribution in [0.1, 0.15) is 50.7 Å². The minimum Gasteiger partial charge on any atom is -0.494 e. The van der Waals surface area contributed by atoms with Crippen molar-refractivity contribution in [1.82, 2.24) is 0 Å². The molecule has 1 unspecified atom stereocenters. The van der Waals surface area contributed by atoms with Crippen LogP contribution in [0.15, 0.2) is 18.2 Å². The third kappa shape index (κ3) is 5.09. The van der Waals surface area contributed by atoms with E-state index in [0.717, 1.165) is 31.6 Å². The zero-order valence-electron chi connectivity index (χ0n) is 12.0. The van der Waals surface area contributed by atoms with Crippen LogP contribution in [0.25, 0.3) is 0 Å². The first kappa shape index (κ1) is 15.0. The van der Waals surface area contributed by atoms with E-state index >= 15 is 0 Å². The third-order valence-electron chi connectivity index (χ3n) is 3.31. The minimum absolute atomic E-state index is 0.373. The van der Waals surface area contributed by atoms with Gasteiger partial charge in [0.2, 0.25) is 0 Å². The summed E-state index contributed by atoms with van der Waals surface area (Å²) < 4.78 is 5.50. The van der Waals surface area contributed by atoms with Crippen LogP contribution < -0.4 is 10.5 Å². The summed E-state index contributed by atoms with van der Waals surface area (Å²) in [6, 6.07) is 6.76. The standard InChI is InChI=1S/C16H27NO/c1-4-7-15(17)9-6-8-14-10-11-16(18-5-2)12-13(14)3/h10-12,15H,4-9,17H2,1-3H3. The molecule has 0 aliphatic heterocycles. The molecule has 1 atom stereocenters. The molecule has 0 saturated heterocycles. The lowest BCUT2D eigenvalue weighted by atomic mass is 9.99. The van der Waals surface area contributed by atoms with Crippen LogP contribution in [0.5, 0.6) is 5.75 Å². The lowest BCUT2D eigenvalue weighted by molar-refractivity contribution is 0.340. The molecule has 2 N–H and O–H groups in total. The van der Waals surface area contributed by atoms with Gasteiger partial charge in [-0.2, -0.15) is 0 Å². The zero-order valence-corrected chi connectivity index (χ0v) is 12.0. The maximum Gasteiger partial charge on any atom is 0.119 e. The van der Waals surface area contributed by atoms with E-state index in [9.17, 15) is 0 Å². The molecule has 2 heteroatoms. The topological polar surface area (TPSA) is 35.2 Å². The molecular formula is C16H27NO. The van der Waals surface area contributed by atoms with Gasteiger partial charge in [0, 0.05) is 6.04 Å². The predicted octanol–water partition coefficient (Wildman–Crippen LogP) is 3.84. The summed E-state index contributed by atoms with van der Waals surface area (Å²) in [7, 11) is 0. The highest BCUT2D eigenvalue weighted by Gasteiger charge is 2.04. The van der Waals surface area contributed by atoms with Gasteiger partial charge in [-0.3, -0.25) is 0 Å². The normalized spacial score (nSPS) is 12.4. The Labute approximate surface area is 112 Å². The van der Waals surface area contributed by atoms with Gasteiger partial charge in [0.05, 0.1) is 6.61 Å². The Morgan fingerprint density at radius 1 is 1.22 bits per heavy atom. The SMILES string of the molecule is CCCC(N)CCCc1ccc(OCC)cc1C. The first-order valence-corrected chi connectivity index (χ1v) is 7.15. The van der Waals surface area contributed by atoms with Crippen LogP contribution in [0.2, 0.25) is 0 Å². The van der Waals surface area contributed by atoms with Crippen molar-refractivity contribution in [1.29, 1.82) is 0 Å². The summed E-state index contributed by atoms with van der Waals surface area (Å²) in [6.45, 7) is 7.09. The lowest BCUT2D eigenvalue weighted by Gasteiger charge is -2.12. The van der Waals surface area contributed by atoms with Crippen molar-refractivity contribution >= 4 is 0 Å². The highest BCUT2D eigenvalue weighted by Crippen LogP contribution is 2.19. The Kier molecular flexibility index (Phi) is 6.81. The van der Waals surface area contributed by atoms with Gasteiger partial charge in [0.1, 0.15) is 5.75 Å². The van der Waals surface area contributed by atoms with Crippen molar-refractivity contribution in [2.45, 2.75) is 58.9 Å². The van der Waals surface area contributed by atoms with Crippen LogP contribution in [-0.4, -0.2) is 12.6 Å². The summed E-state index contributed by atoms with van der Waals surface area (Å²) in [5, 5.41) is 0. The molecule has 0 heterocycles. The molecule has 0 aliphatic rings. The number of nitrogens with two attached hydrogens (primary N) is 1. The molecule has 2 nitrogen and oxygen atoms in total. The molecular weight excluding hydrogens is 222 g/mol. The molecule has 102 valence electrons. The molecule has 0 bridgehead atoms. The number of hydrogen-bond donors (Lipinski definition) is 1. The molecule has 0 saturated carbocycles. The summed E-state index contributed by atoms with van der Waals surface area (Å²) in [4.78, 5) is 0. The highest BCUT2D eigenvalue weighted by molar-refractivity contribution is 5.34. The summed E-state index contributed by atoms with van der Waals surface area (Å²) in [5.41, 5.74) is 8.77. The maximum absolute atomic E-state index is 6.03. The Bertz CT molecular complexity index is 349. The molecule has 0 fully saturated rings. The van der Waals surface area contributed by atoms with Crippen LogP contribution in [0.4, 0.5) is 0 Å². The number of hydrogen-bond acceptors (Lipinski definition) is 2. The second-order valence-corrected chi connectivity index (χ2v) is 4.96. The molecule has 0 aliphatic carbocycles. The van der Waals surface area contributed by atoms with Gasteiger partial charge in [-0.05, 0) is 62.8 Å². The maximum atomic E-state index is 6.03. The van der Waals surface area contributed by atoms with Crippen molar-refractivity contribution in [2.24, 2.45) is 5.73 Å². The Balaban J connectivity index is 2.42. The number of benzene rings is 1. The summed E-state index contributed by atoms with van der Waals surface area (Å²) in [6.07, 6.45) is 5.75. The second-order valence-electron chi connectivity index (χ2n) is 4.96. The fourth-order valence-electron chi connectivity index (χ4n) is 2.28. The number of aryl methyl sites for hydroxylation is 2. The van der Waals surface area contributed by atoms with E-state index in [0.29, 0.717) is 6.04 Å². The first-order valence-electron chi connectivity index (χ1n) is 7.15. The van der Waals surface area contributed by atoms with E-state index in [4.69, 9.17) is 10.5 Å². The first-order chi connectivity index (χ1) is 8.67. The van der Waals surface area contributed by atoms with Gasteiger partial charge in [-0.1, -0.05) is 19.4 Å². The van der Waals surface area contributed by atoms with Crippen molar-refractivity contribution < 1.29 is 4.74 Å². The summed E-state index contributed by atoms with van der Waals surface area (Å²) in [5.74, 6) is 0.974. The number of rotatable bonds is 8. The van der Waals surface area contributed by atoms with Crippen molar-refractivity contribution in [3.05, 3.63) is 29.3 Å². The van der Waals surface area contributed by atoms with Gasteiger partial charge in [-0.15, -0.1) is 0 Å². The average molecular weight is 249 g/mol. The Morgan fingerprint density at radius 3 is 2.61 bits per heavy atom. The van der Waals surface area contributed by atoms with Crippen molar-refractivity contribution in [3.8, 4) is 5.75 Å². The van der Waals surface area contributed by atoms with E-state index in [-0.39, 0.29) is 0 Å². The molecule has 1 aromatic rings. The van der Waals surface area contributed by atoms with Crippen molar-refractivity contribution in [2.75, 3.05) is 6.61 Å². The Hall–Kier alpha value is -1.02. The Morgan fingerprint density at radius 2 is 2.00 bits per heavy atom. The average Bonchev–Trinajstić information content (AvgIpc) is 2.33. The molecule has 0 aromatic heterocycles. The fraction of sp³-hybridized carbons (Fsp3) is 0.625. The number of ether oxygens (including phenoxy) is 1. The van der Waals surface area contributed by atoms with Crippen molar-refractivity contribution in [3.63, 3.8) is 0 Å². The van der Waals surface area contributed by atoms with E-state index in [1.807, 2.05) is 6.92 Å². The van der Waals surface area contributed by atoms with Gasteiger partial charge < -0.3 is 10.5 Å². The van der Waals surface area contributed by atoms with Gasteiger partial charge in [-0.25, -0.2) is 0 Å². The van der Waals surface area contributed by atoms with E-state index < -0.39 is 0 Å². The minimum atomic E-state index is 0.373. The summed E-state index contributed by atoms with van der Waals surface area (Å²) >= 11 is 0. The quantitative estimate of drug-likeness (QED) is 0.759. The van der Waals surface area contributed by atoms with Gasteiger partial charge >= 0.3 is 0 Å². The van der Waals surface area contributed by atoms with E-state index in [1.54, 1.807) is 0 Å². The van der Waals surface area contributed by atoms with Gasteiger partial charge in [0.15, 0.2) is 0 Å². The molecule has 0 radical (unpaired) electrons. The van der Waals surface area contributed by atoms with Crippen LogP contribution in [-0.2, 0) is 6.42 Å². The van der Waals surface area contributed by atoms with Crippen LogP contribution in [0, 0.1) is 6.92 Å². The molecule has 1 aromatic carbocycles. The van der Waals surface area contributed by atoms with Crippen LogP contribution >= 0.6 is 0 Å². The third-order valence-corrected chi connectivity index (χ3v) is 3.31. The van der Waals surface area contributed by atoms with Crippen LogP contribution in [0.3, 0.4) is 0 Å². The highest BCUT2D eigenvalue weighted by atomic mass is 16.5. The van der Waals surface area contributed by atoms with Gasteiger partial charge in [0.25, 0.3) is 0 Å². The molecule has 1 rings (SSSR count). The fourth-order valence-corrected chi connectivity index (χ4v) is 2.28. The van der Waals surface area contributed by atoms with E-state index in [2.05, 4.69) is 32.0 Å². The largest absolute Gasteiger partial charge is 0.494 e. The molecule has 0 amide bonds. The smallest absolute Gasteiger partial charge is 0.119 e. The monoisotopic (exact) mass is 249 g/mol. The molecule has 18 heavy (non-hydrogen) atoms. The molecule has 0 spiro atoms. The second kappa shape index (κ2) is 8.15. The van der Waals surface area contributed by atoms with E-state index in [1.165, 1.54) is 24.0 Å². The predicted molar refractivity (Wildman–Crippen MR) is 78.2 cm³/mol. The lowest BCUT2D eigenvalue weighted by Crippen LogP contribution is -2.19.